The molecule has 0 saturated carbocycles. The van der Waals surface area contributed by atoms with Crippen molar-refractivity contribution in [2.45, 2.75) is 19.3 Å². The van der Waals surface area contributed by atoms with Crippen LogP contribution in [0.5, 0.6) is 0 Å². The average molecular weight is 286 g/mol. The Balaban J connectivity index is 1.72. The summed E-state index contributed by atoms with van der Waals surface area (Å²) in [5.41, 5.74) is 1.98. The van der Waals surface area contributed by atoms with Crippen LogP contribution in [-0.4, -0.2) is 40.0 Å². The molecular weight excluding hydrogens is 268 g/mol. The van der Waals surface area contributed by atoms with E-state index in [2.05, 4.69) is 4.98 Å². The van der Waals surface area contributed by atoms with Gasteiger partial charge in [0.1, 0.15) is 0 Å². The van der Waals surface area contributed by atoms with Crippen LogP contribution in [0.2, 0.25) is 0 Å². The number of nitrogens with one attached hydrogen (secondary N) is 1. The summed E-state index contributed by atoms with van der Waals surface area (Å²) in [6.07, 6.45) is 3.60. The Morgan fingerprint density at radius 1 is 1.33 bits per heavy atom. The van der Waals surface area contributed by atoms with E-state index < -0.39 is 11.9 Å². The minimum Gasteiger partial charge on any atom is -0.481 e. The van der Waals surface area contributed by atoms with Crippen LogP contribution in [-0.2, 0) is 16.0 Å². The highest BCUT2D eigenvalue weighted by molar-refractivity contribution is 5.89. The van der Waals surface area contributed by atoms with E-state index in [1.807, 2.05) is 30.5 Å². The number of aliphatic carboxylic acids is 1. The lowest BCUT2D eigenvalue weighted by atomic mass is 9.97. The normalized spacial score (nSPS) is 18.9. The maximum Gasteiger partial charge on any atom is 0.308 e. The van der Waals surface area contributed by atoms with Gasteiger partial charge in [-0.25, -0.2) is 0 Å². The molecule has 2 heterocycles. The molecule has 5 nitrogen and oxygen atoms in total. The quantitative estimate of drug-likeness (QED) is 0.906. The van der Waals surface area contributed by atoms with Crippen molar-refractivity contribution < 1.29 is 14.7 Å². The minimum atomic E-state index is -0.806. The van der Waals surface area contributed by atoms with E-state index in [9.17, 15) is 9.59 Å². The first-order valence-corrected chi connectivity index (χ1v) is 7.20. The molecule has 0 aliphatic carbocycles. The van der Waals surface area contributed by atoms with Crippen LogP contribution in [0.25, 0.3) is 10.9 Å². The molecule has 0 radical (unpaired) electrons. The molecule has 1 fully saturated rings. The van der Waals surface area contributed by atoms with Gasteiger partial charge in [-0.15, -0.1) is 0 Å². The number of benzene rings is 1. The molecule has 110 valence electrons. The molecule has 2 N–H and O–H groups in total. The molecule has 3 rings (SSSR count). The summed E-state index contributed by atoms with van der Waals surface area (Å²) in [7, 11) is 0. The van der Waals surface area contributed by atoms with Crippen molar-refractivity contribution in [3.63, 3.8) is 0 Å². The Hall–Kier alpha value is -2.30. The summed E-state index contributed by atoms with van der Waals surface area (Å²) in [5, 5.41) is 10.1. The second-order valence-corrected chi connectivity index (χ2v) is 5.55. The number of nitrogens with zero attached hydrogens (tertiary/aromatic N) is 1. The number of amides is 1. The smallest absolute Gasteiger partial charge is 0.308 e. The van der Waals surface area contributed by atoms with E-state index in [0.29, 0.717) is 25.9 Å². The fraction of sp³-hybridized carbons (Fsp3) is 0.375. The van der Waals surface area contributed by atoms with Gasteiger partial charge in [-0.3, -0.25) is 9.59 Å². The molecule has 1 aliphatic heterocycles. The monoisotopic (exact) mass is 286 g/mol. The highest BCUT2D eigenvalue weighted by Crippen LogP contribution is 2.21. The number of piperidine rings is 1. The molecule has 1 saturated heterocycles. The van der Waals surface area contributed by atoms with E-state index in [-0.39, 0.29) is 5.91 Å². The molecule has 1 atom stereocenters. The lowest BCUT2D eigenvalue weighted by molar-refractivity contribution is -0.145. The first-order chi connectivity index (χ1) is 10.1. The Morgan fingerprint density at radius 3 is 2.95 bits per heavy atom. The van der Waals surface area contributed by atoms with E-state index >= 15 is 0 Å². The van der Waals surface area contributed by atoms with Gasteiger partial charge in [-0.05, 0) is 24.5 Å². The molecule has 5 heteroatoms. The molecule has 0 unspecified atom stereocenters. The number of likely N-dealkylation sites (tertiary alicyclic amines) is 1. The maximum absolute atomic E-state index is 12.4. The summed E-state index contributed by atoms with van der Waals surface area (Å²) in [6.45, 7) is 0.988. The van der Waals surface area contributed by atoms with Gasteiger partial charge in [-0.2, -0.15) is 0 Å². The fourth-order valence-corrected chi connectivity index (χ4v) is 2.96. The highest BCUT2D eigenvalue weighted by atomic mass is 16.4. The standard InChI is InChI=1S/C16H18N2O3/c19-15(18-7-3-4-11(10-18)16(20)21)8-12-9-17-14-6-2-1-5-13(12)14/h1-2,5-6,9,11,17H,3-4,7-8,10H2,(H,20,21)/t11-/m0/s1. The topological polar surface area (TPSA) is 73.4 Å². The zero-order valence-electron chi connectivity index (χ0n) is 11.7. The van der Waals surface area contributed by atoms with Gasteiger partial charge in [0.2, 0.25) is 5.91 Å². The zero-order valence-corrected chi connectivity index (χ0v) is 11.7. The number of carbonyl (C=O) groups is 2. The number of rotatable bonds is 3. The molecule has 21 heavy (non-hydrogen) atoms. The summed E-state index contributed by atoms with van der Waals surface area (Å²) >= 11 is 0. The van der Waals surface area contributed by atoms with Crippen molar-refractivity contribution in [2.24, 2.45) is 5.92 Å². The van der Waals surface area contributed by atoms with Crippen LogP contribution in [0.15, 0.2) is 30.5 Å². The van der Waals surface area contributed by atoms with E-state index in [1.54, 1.807) is 4.90 Å². The molecule has 0 spiro atoms. The minimum absolute atomic E-state index is 0.00528. The van der Waals surface area contributed by atoms with Crippen molar-refractivity contribution >= 4 is 22.8 Å². The van der Waals surface area contributed by atoms with Crippen LogP contribution in [0.1, 0.15) is 18.4 Å². The zero-order chi connectivity index (χ0) is 14.8. The lowest BCUT2D eigenvalue weighted by Crippen LogP contribution is -2.42. The van der Waals surface area contributed by atoms with Gasteiger partial charge in [0.05, 0.1) is 12.3 Å². The number of hydrogen-bond acceptors (Lipinski definition) is 2. The SMILES string of the molecule is O=C(O)[C@H]1CCCN(C(=O)Cc2c[nH]c3ccccc23)C1. The number of hydrogen-bond donors (Lipinski definition) is 2. The Labute approximate surface area is 122 Å². The lowest BCUT2D eigenvalue weighted by Gasteiger charge is -2.30. The van der Waals surface area contributed by atoms with Crippen LogP contribution >= 0.6 is 0 Å². The molecule has 1 aromatic heterocycles. The largest absolute Gasteiger partial charge is 0.481 e. The number of carboxylic acid groups (broad SMARTS) is 1. The van der Waals surface area contributed by atoms with Crippen LogP contribution < -0.4 is 0 Å². The molecule has 1 aromatic carbocycles. The number of carboxylic acids is 1. The second kappa shape index (κ2) is 5.60. The maximum atomic E-state index is 12.4. The van der Waals surface area contributed by atoms with E-state index in [0.717, 1.165) is 22.9 Å². The van der Waals surface area contributed by atoms with Crippen LogP contribution in [0, 0.1) is 5.92 Å². The predicted octanol–water partition coefficient (Wildman–Crippen LogP) is 2.03. The summed E-state index contributed by atoms with van der Waals surface area (Å²) in [4.78, 5) is 28.3. The average Bonchev–Trinajstić information content (AvgIpc) is 2.91. The van der Waals surface area contributed by atoms with Gasteiger partial charge in [0.15, 0.2) is 0 Å². The van der Waals surface area contributed by atoms with Gasteiger partial charge < -0.3 is 15.0 Å². The molecule has 0 bridgehead atoms. The van der Waals surface area contributed by atoms with Crippen molar-refractivity contribution in [1.29, 1.82) is 0 Å². The molecule has 1 amide bonds. The third kappa shape index (κ3) is 2.77. The van der Waals surface area contributed by atoms with Crippen molar-refractivity contribution in [1.82, 2.24) is 9.88 Å². The number of carbonyl (C=O) groups excluding carboxylic acids is 1. The number of para-hydroxylation sites is 1. The number of fused-ring (bicyclic) bond motifs is 1. The molecule has 1 aliphatic rings. The van der Waals surface area contributed by atoms with Crippen LogP contribution in [0.4, 0.5) is 0 Å². The Bertz CT molecular complexity index is 677. The van der Waals surface area contributed by atoms with Gasteiger partial charge in [0, 0.05) is 30.2 Å². The highest BCUT2D eigenvalue weighted by Gasteiger charge is 2.28. The Morgan fingerprint density at radius 2 is 2.14 bits per heavy atom. The van der Waals surface area contributed by atoms with Gasteiger partial charge in [-0.1, -0.05) is 18.2 Å². The number of aromatic amines is 1. The van der Waals surface area contributed by atoms with E-state index in [4.69, 9.17) is 5.11 Å². The third-order valence-corrected chi connectivity index (χ3v) is 4.14. The van der Waals surface area contributed by atoms with E-state index in [1.165, 1.54) is 0 Å². The summed E-state index contributed by atoms with van der Waals surface area (Å²) in [6, 6.07) is 7.87. The molecule has 2 aromatic rings. The van der Waals surface area contributed by atoms with Crippen molar-refractivity contribution in [3.8, 4) is 0 Å². The summed E-state index contributed by atoms with van der Waals surface area (Å²) in [5.74, 6) is -1.23. The first-order valence-electron chi connectivity index (χ1n) is 7.20. The van der Waals surface area contributed by atoms with Crippen LogP contribution in [0.3, 0.4) is 0 Å². The number of H-pyrrole nitrogens is 1. The first kappa shape index (κ1) is 13.7. The van der Waals surface area contributed by atoms with Gasteiger partial charge in [0.25, 0.3) is 0 Å². The van der Waals surface area contributed by atoms with Gasteiger partial charge >= 0.3 is 5.97 Å². The summed E-state index contributed by atoms with van der Waals surface area (Å²) < 4.78 is 0. The number of aromatic nitrogens is 1. The second-order valence-electron chi connectivity index (χ2n) is 5.55. The van der Waals surface area contributed by atoms with Crippen molar-refractivity contribution in [3.05, 3.63) is 36.0 Å². The third-order valence-electron chi connectivity index (χ3n) is 4.14. The predicted molar refractivity (Wildman–Crippen MR) is 78.9 cm³/mol. The Kier molecular flexibility index (Phi) is 3.64. The fourth-order valence-electron chi connectivity index (χ4n) is 2.96. The van der Waals surface area contributed by atoms with Crippen molar-refractivity contribution in [2.75, 3.05) is 13.1 Å². The molecular formula is C16H18N2O3.